The number of hydrogen-bond donors (Lipinski definition) is 3. The highest BCUT2D eigenvalue weighted by Crippen LogP contribution is 2.31. The van der Waals surface area contributed by atoms with Gasteiger partial charge in [-0.25, -0.2) is 4.98 Å². The highest BCUT2D eigenvalue weighted by Gasteiger charge is 2.22. The zero-order chi connectivity index (χ0) is 23.4. The fourth-order valence-corrected chi connectivity index (χ4v) is 4.64. The van der Waals surface area contributed by atoms with Crippen molar-refractivity contribution in [2.45, 2.75) is 37.8 Å². The van der Waals surface area contributed by atoms with Crippen LogP contribution in [0.1, 0.15) is 25.7 Å². The highest BCUT2D eigenvalue weighted by molar-refractivity contribution is 7.80. The van der Waals surface area contributed by atoms with Gasteiger partial charge in [-0.05, 0) is 56.1 Å². The topological polar surface area (TPSA) is 68.4 Å². The quantitative estimate of drug-likeness (QED) is 0.463. The summed E-state index contributed by atoms with van der Waals surface area (Å²) in [6, 6.07) is 15.3. The van der Waals surface area contributed by atoms with E-state index in [1.165, 1.54) is 16.5 Å². The molecule has 0 atom stereocenters. The number of anilines is 4. The Kier molecular flexibility index (Phi) is 7.13. The van der Waals surface area contributed by atoms with Crippen molar-refractivity contribution in [1.29, 1.82) is 0 Å². The minimum absolute atomic E-state index is 0.365. The summed E-state index contributed by atoms with van der Waals surface area (Å²) in [5.74, 6) is 1.60. The van der Waals surface area contributed by atoms with E-state index in [-0.39, 0.29) is 0 Å². The summed E-state index contributed by atoms with van der Waals surface area (Å²) in [5, 5.41) is 13.5. The van der Waals surface area contributed by atoms with Crippen LogP contribution in [0, 0.1) is 0 Å². The average Bonchev–Trinajstić information content (AvgIpc) is 2.80. The van der Waals surface area contributed by atoms with Crippen molar-refractivity contribution < 1.29 is 0 Å². The summed E-state index contributed by atoms with van der Waals surface area (Å²) in [5.41, 5.74) is 2.22. The molecule has 7 nitrogen and oxygen atoms in total. The largest absolute Gasteiger partial charge is 0.377 e. The van der Waals surface area contributed by atoms with Gasteiger partial charge in [-0.15, -0.1) is 0 Å². The van der Waals surface area contributed by atoms with E-state index in [0.29, 0.717) is 23.1 Å². The van der Waals surface area contributed by atoms with E-state index in [9.17, 15) is 0 Å². The number of nitrogens with zero attached hydrogens (tertiary/aromatic N) is 4. The predicted octanol–water partition coefficient (Wildman–Crippen LogP) is 4.47. The number of thiocarbonyl (C=S) groups is 1. The number of nitrogens with one attached hydrogen (secondary N) is 3. The molecule has 0 spiro atoms. The molecule has 1 fully saturated rings. The van der Waals surface area contributed by atoms with Crippen LogP contribution >= 0.6 is 12.2 Å². The summed E-state index contributed by atoms with van der Waals surface area (Å²) >= 11 is 5.66. The lowest BCUT2D eigenvalue weighted by atomic mass is 9.91. The molecule has 0 bridgehead atoms. The lowest BCUT2D eigenvalue weighted by Crippen LogP contribution is -2.42. The monoisotopic (exact) mass is 463 g/mol. The fraction of sp³-hybridized carbons (Fsp3) is 0.400. The molecule has 1 heterocycles. The standard InChI is InChI=1S/C25H33N7S/c1-31(2)22-14-13-21(19-7-5-6-8-20(19)22)29-25(33)28-18-11-9-17(10-12-18)27-24-26-16-15-23(30-24)32(3)4/h5-8,13-18H,9-12H2,1-4H3,(H,26,27,30)(H2,28,29,33). The van der Waals surface area contributed by atoms with Gasteiger partial charge in [-0.3, -0.25) is 0 Å². The molecule has 1 saturated carbocycles. The SMILES string of the molecule is CN(C)c1ccnc(NC2CCC(NC(=S)Nc3ccc(N(C)C)c4ccccc34)CC2)n1. The van der Waals surface area contributed by atoms with Crippen LogP contribution in [0.4, 0.5) is 23.1 Å². The molecule has 174 valence electrons. The van der Waals surface area contributed by atoms with E-state index >= 15 is 0 Å². The average molecular weight is 464 g/mol. The summed E-state index contributed by atoms with van der Waals surface area (Å²) in [4.78, 5) is 13.1. The highest BCUT2D eigenvalue weighted by atomic mass is 32.1. The number of fused-ring (bicyclic) bond motifs is 1. The third kappa shape index (κ3) is 5.63. The van der Waals surface area contributed by atoms with Gasteiger partial charge in [0.2, 0.25) is 5.95 Å². The molecule has 0 aliphatic heterocycles. The van der Waals surface area contributed by atoms with Crippen molar-refractivity contribution in [1.82, 2.24) is 15.3 Å². The van der Waals surface area contributed by atoms with Crippen molar-refractivity contribution in [3.05, 3.63) is 48.7 Å². The Balaban J connectivity index is 1.32. The number of hydrogen-bond acceptors (Lipinski definition) is 6. The maximum atomic E-state index is 5.66. The van der Waals surface area contributed by atoms with Gasteiger partial charge in [0.25, 0.3) is 0 Å². The predicted molar refractivity (Wildman–Crippen MR) is 144 cm³/mol. The Hall–Kier alpha value is -3.13. The van der Waals surface area contributed by atoms with Crippen LogP contribution < -0.4 is 25.8 Å². The van der Waals surface area contributed by atoms with Crippen LogP contribution in [0.3, 0.4) is 0 Å². The normalized spacial score (nSPS) is 17.9. The number of aromatic nitrogens is 2. The molecule has 0 amide bonds. The zero-order valence-corrected chi connectivity index (χ0v) is 20.6. The van der Waals surface area contributed by atoms with Crippen molar-refractivity contribution in [3.63, 3.8) is 0 Å². The van der Waals surface area contributed by atoms with Crippen molar-refractivity contribution in [2.75, 3.05) is 48.6 Å². The van der Waals surface area contributed by atoms with Crippen molar-refractivity contribution in [2.24, 2.45) is 0 Å². The van der Waals surface area contributed by atoms with Gasteiger partial charge in [-0.2, -0.15) is 4.98 Å². The molecular weight excluding hydrogens is 430 g/mol. The van der Waals surface area contributed by atoms with Gasteiger partial charge in [-0.1, -0.05) is 24.3 Å². The molecule has 0 saturated heterocycles. The maximum absolute atomic E-state index is 5.66. The van der Waals surface area contributed by atoms with Crippen LogP contribution in [-0.2, 0) is 0 Å². The smallest absolute Gasteiger partial charge is 0.224 e. The lowest BCUT2D eigenvalue weighted by Gasteiger charge is -2.30. The second-order valence-electron chi connectivity index (χ2n) is 9.00. The summed E-state index contributed by atoms with van der Waals surface area (Å²) in [6.45, 7) is 0. The lowest BCUT2D eigenvalue weighted by molar-refractivity contribution is 0.387. The van der Waals surface area contributed by atoms with Crippen LogP contribution in [0.5, 0.6) is 0 Å². The van der Waals surface area contributed by atoms with Gasteiger partial charge < -0.3 is 25.8 Å². The fourth-order valence-electron chi connectivity index (χ4n) is 4.36. The third-order valence-corrected chi connectivity index (χ3v) is 6.35. The molecule has 4 rings (SSSR count). The van der Waals surface area contributed by atoms with Gasteiger partial charge >= 0.3 is 0 Å². The van der Waals surface area contributed by atoms with Gasteiger partial charge in [0.15, 0.2) is 5.11 Å². The Labute approximate surface area is 201 Å². The van der Waals surface area contributed by atoms with Crippen LogP contribution in [0.25, 0.3) is 10.8 Å². The Morgan fingerprint density at radius 2 is 1.58 bits per heavy atom. The number of rotatable bonds is 6. The molecule has 0 unspecified atom stereocenters. The van der Waals surface area contributed by atoms with Crippen LogP contribution in [0.2, 0.25) is 0 Å². The third-order valence-electron chi connectivity index (χ3n) is 6.13. The molecule has 33 heavy (non-hydrogen) atoms. The Bertz CT molecular complexity index is 1110. The first-order chi connectivity index (χ1) is 15.9. The second-order valence-corrected chi connectivity index (χ2v) is 9.40. The van der Waals surface area contributed by atoms with E-state index in [2.05, 4.69) is 81.3 Å². The van der Waals surface area contributed by atoms with E-state index in [1.807, 2.05) is 25.1 Å². The second kappa shape index (κ2) is 10.2. The van der Waals surface area contributed by atoms with Gasteiger partial charge in [0.1, 0.15) is 5.82 Å². The Morgan fingerprint density at radius 3 is 2.27 bits per heavy atom. The van der Waals surface area contributed by atoms with Crippen molar-refractivity contribution >= 4 is 51.2 Å². The van der Waals surface area contributed by atoms with Crippen molar-refractivity contribution in [3.8, 4) is 0 Å². The van der Waals surface area contributed by atoms with Crippen LogP contribution in [0.15, 0.2) is 48.7 Å². The summed E-state index contributed by atoms with van der Waals surface area (Å²) < 4.78 is 0. The summed E-state index contributed by atoms with van der Waals surface area (Å²) in [7, 11) is 8.10. The zero-order valence-electron chi connectivity index (χ0n) is 19.8. The molecular formula is C25H33N7S. The molecule has 1 aromatic heterocycles. The van der Waals surface area contributed by atoms with E-state index in [4.69, 9.17) is 12.2 Å². The maximum Gasteiger partial charge on any atom is 0.224 e. The molecule has 3 aromatic rings. The first kappa shape index (κ1) is 23.0. The van der Waals surface area contributed by atoms with Gasteiger partial charge in [0, 0.05) is 68.6 Å². The molecule has 0 radical (unpaired) electrons. The van der Waals surface area contributed by atoms with E-state index in [1.54, 1.807) is 6.20 Å². The first-order valence-corrected chi connectivity index (χ1v) is 11.8. The number of benzene rings is 2. The molecule has 2 aromatic carbocycles. The van der Waals surface area contributed by atoms with E-state index in [0.717, 1.165) is 37.2 Å². The Morgan fingerprint density at radius 1 is 0.879 bits per heavy atom. The minimum Gasteiger partial charge on any atom is -0.377 e. The minimum atomic E-state index is 0.365. The molecule has 1 aliphatic rings. The molecule has 8 heteroatoms. The van der Waals surface area contributed by atoms with Gasteiger partial charge in [0.05, 0.1) is 0 Å². The summed E-state index contributed by atoms with van der Waals surface area (Å²) in [6.07, 6.45) is 6.00. The van der Waals surface area contributed by atoms with Crippen LogP contribution in [-0.4, -0.2) is 55.4 Å². The van der Waals surface area contributed by atoms with E-state index < -0.39 is 0 Å². The molecule has 1 aliphatic carbocycles. The first-order valence-electron chi connectivity index (χ1n) is 11.4. The molecule has 3 N–H and O–H groups in total.